The van der Waals surface area contributed by atoms with Crippen LogP contribution < -0.4 is 10.5 Å². The number of benzene rings is 1. The van der Waals surface area contributed by atoms with Crippen molar-refractivity contribution in [2.24, 2.45) is 5.73 Å². The van der Waals surface area contributed by atoms with Gasteiger partial charge in [-0.15, -0.1) is 0 Å². The molecule has 4 heteroatoms. The number of aryl methyl sites for hydroxylation is 1. The van der Waals surface area contributed by atoms with Gasteiger partial charge in [0, 0.05) is 12.4 Å². The summed E-state index contributed by atoms with van der Waals surface area (Å²) < 4.78 is 18.5. The third kappa shape index (κ3) is 2.33. The molecule has 2 aromatic rings. The van der Waals surface area contributed by atoms with Crippen LogP contribution in [0.5, 0.6) is 5.75 Å². The fourth-order valence-corrected chi connectivity index (χ4v) is 1.89. The van der Waals surface area contributed by atoms with Crippen LogP contribution in [0.1, 0.15) is 22.7 Å². The van der Waals surface area contributed by atoms with Crippen molar-refractivity contribution in [3.05, 3.63) is 59.2 Å². The van der Waals surface area contributed by atoms with Gasteiger partial charge in [0.2, 0.25) is 0 Å². The van der Waals surface area contributed by atoms with Crippen molar-refractivity contribution in [2.45, 2.75) is 13.0 Å². The van der Waals surface area contributed by atoms with Gasteiger partial charge in [-0.1, -0.05) is 6.07 Å². The highest BCUT2D eigenvalue weighted by atomic mass is 19.1. The first-order valence-electron chi connectivity index (χ1n) is 5.63. The second-order valence-electron chi connectivity index (χ2n) is 4.10. The fourth-order valence-electron chi connectivity index (χ4n) is 1.89. The Morgan fingerprint density at radius 3 is 2.72 bits per heavy atom. The van der Waals surface area contributed by atoms with Gasteiger partial charge in [-0.25, -0.2) is 4.39 Å². The molecule has 0 aliphatic heterocycles. The summed E-state index contributed by atoms with van der Waals surface area (Å²) in [4.78, 5) is 4.02. The number of halogens is 1. The first-order chi connectivity index (χ1) is 8.63. The summed E-state index contributed by atoms with van der Waals surface area (Å²) in [5, 5.41) is 0. The van der Waals surface area contributed by atoms with Crippen LogP contribution in [0, 0.1) is 12.7 Å². The minimum absolute atomic E-state index is 0.220. The zero-order valence-electron chi connectivity index (χ0n) is 10.4. The maximum Gasteiger partial charge on any atom is 0.165 e. The summed E-state index contributed by atoms with van der Waals surface area (Å²) in [7, 11) is 1.44. The Morgan fingerprint density at radius 2 is 2.11 bits per heavy atom. The van der Waals surface area contributed by atoms with Crippen LogP contribution >= 0.6 is 0 Å². The Morgan fingerprint density at radius 1 is 1.33 bits per heavy atom. The molecule has 0 aliphatic carbocycles. The van der Waals surface area contributed by atoms with E-state index in [1.54, 1.807) is 24.5 Å². The summed E-state index contributed by atoms with van der Waals surface area (Å²) in [6.07, 6.45) is 3.43. The van der Waals surface area contributed by atoms with Gasteiger partial charge >= 0.3 is 0 Å². The molecule has 94 valence electrons. The van der Waals surface area contributed by atoms with Crippen molar-refractivity contribution >= 4 is 0 Å². The molecule has 0 bridgehead atoms. The van der Waals surface area contributed by atoms with Crippen molar-refractivity contribution in [3.63, 3.8) is 0 Å². The van der Waals surface area contributed by atoms with Gasteiger partial charge in [-0.3, -0.25) is 4.98 Å². The molecule has 1 aromatic carbocycles. The standard InChI is InChI=1S/C14H15FN2O/c1-9-8-17-6-5-11(9)14(16)10-3-4-13(18-2)12(15)7-10/h3-8,14H,16H2,1-2H3. The van der Waals surface area contributed by atoms with E-state index < -0.39 is 5.82 Å². The van der Waals surface area contributed by atoms with E-state index >= 15 is 0 Å². The first-order valence-corrected chi connectivity index (χ1v) is 5.63. The minimum Gasteiger partial charge on any atom is -0.494 e. The lowest BCUT2D eigenvalue weighted by molar-refractivity contribution is 0.386. The maximum atomic E-state index is 13.6. The Labute approximate surface area is 105 Å². The third-order valence-electron chi connectivity index (χ3n) is 2.93. The Kier molecular flexibility index (Phi) is 3.58. The number of methoxy groups -OCH3 is 1. The summed E-state index contributed by atoms with van der Waals surface area (Å²) >= 11 is 0. The quantitative estimate of drug-likeness (QED) is 0.905. The number of hydrogen-bond acceptors (Lipinski definition) is 3. The summed E-state index contributed by atoms with van der Waals surface area (Å²) in [5.74, 6) is -0.186. The molecule has 2 N–H and O–H groups in total. The van der Waals surface area contributed by atoms with Crippen LogP contribution in [-0.2, 0) is 0 Å². The third-order valence-corrected chi connectivity index (χ3v) is 2.93. The first kappa shape index (κ1) is 12.5. The van der Waals surface area contributed by atoms with Crippen LogP contribution in [0.3, 0.4) is 0 Å². The molecule has 0 saturated carbocycles. The van der Waals surface area contributed by atoms with Crippen LogP contribution in [0.2, 0.25) is 0 Å². The number of nitrogens with two attached hydrogens (primary N) is 1. The van der Waals surface area contributed by atoms with Gasteiger partial charge in [-0.2, -0.15) is 0 Å². The number of hydrogen-bond donors (Lipinski definition) is 1. The van der Waals surface area contributed by atoms with Crippen molar-refractivity contribution < 1.29 is 9.13 Å². The molecule has 1 atom stereocenters. The normalized spacial score (nSPS) is 12.2. The van der Waals surface area contributed by atoms with Crippen LogP contribution in [0.25, 0.3) is 0 Å². The minimum atomic E-state index is -0.405. The van der Waals surface area contributed by atoms with Crippen molar-refractivity contribution in [1.82, 2.24) is 4.98 Å². The predicted molar refractivity (Wildman–Crippen MR) is 68.0 cm³/mol. The van der Waals surface area contributed by atoms with Gasteiger partial charge in [0.05, 0.1) is 13.2 Å². The molecule has 0 amide bonds. The van der Waals surface area contributed by atoms with Crippen LogP contribution in [0.4, 0.5) is 4.39 Å². The molecule has 0 spiro atoms. The number of ether oxygens (including phenoxy) is 1. The largest absolute Gasteiger partial charge is 0.494 e. The van der Waals surface area contributed by atoms with Crippen molar-refractivity contribution in [1.29, 1.82) is 0 Å². The summed E-state index contributed by atoms with van der Waals surface area (Å²) in [5.41, 5.74) is 8.78. The number of rotatable bonds is 3. The van der Waals surface area contributed by atoms with E-state index in [0.717, 1.165) is 11.1 Å². The molecule has 1 aromatic heterocycles. The zero-order chi connectivity index (χ0) is 13.1. The lowest BCUT2D eigenvalue weighted by Crippen LogP contribution is -2.13. The topological polar surface area (TPSA) is 48.1 Å². The van der Waals surface area contributed by atoms with Crippen molar-refractivity contribution in [2.75, 3.05) is 7.11 Å². The second kappa shape index (κ2) is 5.14. The van der Waals surface area contributed by atoms with E-state index in [9.17, 15) is 4.39 Å². The summed E-state index contributed by atoms with van der Waals surface area (Å²) in [6.45, 7) is 1.93. The molecular weight excluding hydrogens is 231 g/mol. The van der Waals surface area contributed by atoms with Crippen molar-refractivity contribution in [3.8, 4) is 5.75 Å². The average Bonchev–Trinajstić information content (AvgIpc) is 2.38. The Balaban J connectivity index is 2.37. The number of nitrogens with zero attached hydrogens (tertiary/aromatic N) is 1. The Bertz CT molecular complexity index is 557. The highest BCUT2D eigenvalue weighted by Crippen LogP contribution is 2.25. The highest BCUT2D eigenvalue weighted by Gasteiger charge is 2.13. The van der Waals surface area contributed by atoms with E-state index in [-0.39, 0.29) is 11.8 Å². The van der Waals surface area contributed by atoms with E-state index in [1.165, 1.54) is 13.2 Å². The van der Waals surface area contributed by atoms with E-state index in [2.05, 4.69) is 4.98 Å². The van der Waals surface area contributed by atoms with Gasteiger partial charge < -0.3 is 10.5 Å². The highest BCUT2D eigenvalue weighted by molar-refractivity contribution is 5.38. The predicted octanol–water partition coefficient (Wildman–Crippen LogP) is 2.59. The van der Waals surface area contributed by atoms with E-state index in [1.807, 2.05) is 13.0 Å². The molecule has 0 radical (unpaired) electrons. The molecule has 2 rings (SSSR count). The van der Waals surface area contributed by atoms with Crippen LogP contribution in [0.15, 0.2) is 36.7 Å². The molecule has 18 heavy (non-hydrogen) atoms. The van der Waals surface area contributed by atoms with Gasteiger partial charge in [0.1, 0.15) is 0 Å². The van der Waals surface area contributed by atoms with E-state index in [0.29, 0.717) is 5.56 Å². The Hall–Kier alpha value is -1.94. The molecule has 0 aliphatic rings. The molecule has 3 nitrogen and oxygen atoms in total. The molecule has 1 heterocycles. The molecule has 0 fully saturated rings. The van der Waals surface area contributed by atoms with Gasteiger partial charge in [0.25, 0.3) is 0 Å². The van der Waals surface area contributed by atoms with Crippen LogP contribution in [-0.4, -0.2) is 12.1 Å². The smallest absolute Gasteiger partial charge is 0.165 e. The lowest BCUT2D eigenvalue weighted by Gasteiger charge is -2.15. The molecular formula is C14H15FN2O. The van der Waals surface area contributed by atoms with Gasteiger partial charge in [0.15, 0.2) is 11.6 Å². The lowest BCUT2D eigenvalue weighted by atomic mass is 9.97. The monoisotopic (exact) mass is 246 g/mol. The van der Waals surface area contributed by atoms with E-state index in [4.69, 9.17) is 10.5 Å². The molecule has 1 unspecified atom stereocenters. The zero-order valence-corrected chi connectivity index (χ0v) is 10.4. The second-order valence-corrected chi connectivity index (χ2v) is 4.10. The average molecular weight is 246 g/mol. The maximum absolute atomic E-state index is 13.6. The number of pyridine rings is 1. The fraction of sp³-hybridized carbons (Fsp3) is 0.214. The SMILES string of the molecule is COc1ccc(C(N)c2ccncc2C)cc1F. The summed E-state index contributed by atoms with van der Waals surface area (Å²) in [6, 6.07) is 6.24. The molecule has 0 saturated heterocycles. The van der Waals surface area contributed by atoms with Gasteiger partial charge in [-0.05, 0) is 41.8 Å². The number of aromatic nitrogens is 1.